The molecule has 0 bridgehead atoms. The molecule has 0 amide bonds. The Balaban J connectivity index is 0.00000210. The molecular weight excluding hydrogens is 385 g/mol. The predicted octanol–water partition coefficient (Wildman–Crippen LogP) is 4.91. The van der Waals surface area contributed by atoms with Gasteiger partial charge in [0.05, 0.1) is 22.0 Å². The number of aromatic amines is 1. The van der Waals surface area contributed by atoms with Crippen LogP contribution in [0.3, 0.4) is 0 Å². The Hall–Kier alpha value is -2.24. The Kier molecular flexibility index (Phi) is 5.63. The SMILES string of the molecule is Cc1ccc2[nH]c(-c3cc(N4CCCC(C(=O)O)C4)ccc3Cl)nc2c1.Cl. The van der Waals surface area contributed by atoms with E-state index in [1.54, 1.807) is 0 Å². The van der Waals surface area contributed by atoms with Gasteiger partial charge >= 0.3 is 5.97 Å². The van der Waals surface area contributed by atoms with Crippen LogP contribution in [0, 0.1) is 12.8 Å². The van der Waals surface area contributed by atoms with E-state index in [1.807, 2.05) is 43.3 Å². The number of carboxylic acid groups (broad SMARTS) is 1. The van der Waals surface area contributed by atoms with Gasteiger partial charge in [-0.2, -0.15) is 0 Å². The fourth-order valence-electron chi connectivity index (χ4n) is 3.55. The highest BCUT2D eigenvalue weighted by molar-refractivity contribution is 6.33. The first-order valence-corrected chi connectivity index (χ1v) is 9.13. The summed E-state index contributed by atoms with van der Waals surface area (Å²) in [5, 5.41) is 9.94. The third-order valence-electron chi connectivity index (χ3n) is 4.98. The third kappa shape index (κ3) is 3.89. The lowest BCUT2D eigenvalue weighted by Gasteiger charge is -2.32. The van der Waals surface area contributed by atoms with Gasteiger partial charge in [0.15, 0.2) is 0 Å². The average Bonchev–Trinajstić information content (AvgIpc) is 3.05. The molecule has 7 heteroatoms. The number of aromatic nitrogens is 2. The summed E-state index contributed by atoms with van der Waals surface area (Å²) in [4.78, 5) is 21.5. The summed E-state index contributed by atoms with van der Waals surface area (Å²) >= 11 is 6.43. The highest BCUT2D eigenvalue weighted by atomic mass is 35.5. The maximum atomic E-state index is 11.3. The number of halogens is 2. The van der Waals surface area contributed by atoms with Gasteiger partial charge in [0, 0.05) is 24.3 Å². The molecular formula is C20H21Cl2N3O2. The minimum absolute atomic E-state index is 0. The van der Waals surface area contributed by atoms with Gasteiger partial charge in [-0.05, 0) is 55.7 Å². The largest absolute Gasteiger partial charge is 0.481 e. The highest BCUT2D eigenvalue weighted by Gasteiger charge is 2.26. The Bertz CT molecular complexity index is 987. The van der Waals surface area contributed by atoms with Crippen LogP contribution < -0.4 is 4.90 Å². The second-order valence-electron chi connectivity index (χ2n) is 6.89. The molecule has 0 saturated carbocycles. The number of hydrogen-bond donors (Lipinski definition) is 2. The van der Waals surface area contributed by atoms with E-state index in [1.165, 1.54) is 0 Å². The number of carbonyl (C=O) groups is 1. The van der Waals surface area contributed by atoms with Crippen LogP contribution in [0.2, 0.25) is 5.02 Å². The molecule has 0 aliphatic carbocycles. The summed E-state index contributed by atoms with van der Waals surface area (Å²) in [5.41, 5.74) is 4.84. The van der Waals surface area contributed by atoms with Gasteiger partial charge in [0.25, 0.3) is 0 Å². The smallest absolute Gasteiger partial charge is 0.308 e. The molecule has 1 unspecified atom stereocenters. The third-order valence-corrected chi connectivity index (χ3v) is 5.31. The van der Waals surface area contributed by atoms with Crippen molar-refractivity contribution in [2.75, 3.05) is 18.0 Å². The van der Waals surface area contributed by atoms with Gasteiger partial charge in [-0.1, -0.05) is 17.7 Å². The Morgan fingerprint density at radius 2 is 2.11 bits per heavy atom. The van der Waals surface area contributed by atoms with Crippen LogP contribution in [-0.2, 0) is 4.79 Å². The zero-order valence-corrected chi connectivity index (χ0v) is 16.5. The van der Waals surface area contributed by atoms with Crippen molar-refractivity contribution in [1.82, 2.24) is 9.97 Å². The van der Waals surface area contributed by atoms with Crippen molar-refractivity contribution in [3.63, 3.8) is 0 Å². The first-order valence-electron chi connectivity index (χ1n) is 8.75. The van der Waals surface area contributed by atoms with E-state index in [4.69, 9.17) is 11.6 Å². The van der Waals surface area contributed by atoms with Crippen LogP contribution in [-0.4, -0.2) is 34.1 Å². The second-order valence-corrected chi connectivity index (χ2v) is 7.30. The van der Waals surface area contributed by atoms with Gasteiger partial charge in [0.2, 0.25) is 0 Å². The quantitative estimate of drug-likeness (QED) is 0.648. The van der Waals surface area contributed by atoms with Crippen molar-refractivity contribution in [2.45, 2.75) is 19.8 Å². The predicted molar refractivity (Wildman–Crippen MR) is 111 cm³/mol. The van der Waals surface area contributed by atoms with Gasteiger partial charge in [-0.25, -0.2) is 4.98 Å². The van der Waals surface area contributed by atoms with E-state index in [2.05, 4.69) is 14.9 Å². The average molecular weight is 406 g/mol. The molecule has 1 aliphatic heterocycles. The number of H-pyrrole nitrogens is 1. The fraction of sp³-hybridized carbons (Fsp3) is 0.300. The summed E-state index contributed by atoms with van der Waals surface area (Å²) < 4.78 is 0. The lowest BCUT2D eigenvalue weighted by molar-refractivity contribution is -0.141. The monoisotopic (exact) mass is 405 g/mol. The molecule has 2 heterocycles. The minimum Gasteiger partial charge on any atom is -0.481 e. The molecule has 27 heavy (non-hydrogen) atoms. The Morgan fingerprint density at radius 3 is 2.89 bits per heavy atom. The molecule has 1 saturated heterocycles. The van der Waals surface area contributed by atoms with Crippen molar-refractivity contribution in [2.24, 2.45) is 5.92 Å². The maximum absolute atomic E-state index is 11.3. The lowest BCUT2D eigenvalue weighted by Crippen LogP contribution is -2.38. The molecule has 2 N–H and O–H groups in total. The summed E-state index contributed by atoms with van der Waals surface area (Å²) in [5.74, 6) is -0.321. The molecule has 1 fully saturated rings. The Morgan fingerprint density at radius 1 is 1.30 bits per heavy atom. The summed E-state index contributed by atoms with van der Waals surface area (Å²) in [6, 6.07) is 11.9. The fourth-order valence-corrected chi connectivity index (χ4v) is 3.76. The number of benzene rings is 2. The molecule has 1 aliphatic rings. The van der Waals surface area contributed by atoms with Crippen LogP contribution in [0.15, 0.2) is 36.4 Å². The number of nitrogens with zero attached hydrogens (tertiary/aromatic N) is 2. The van der Waals surface area contributed by atoms with Crippen LogP contribution in [0.25, 0.3) is 22.4 Å². The van der Waals surface area contributed by atoms with Crippen molar-refractivity contribution < 1.29 is 9.90 Å². The van der Waals surface area contributed by atoms with E-state index in [0.717, 1.165) is 53.1 Å². The molecule has 4 rings (SSSR count). The summed E-state index contributed by atoms with van der Waals surface area (Å²) in [7, 11) is 0. The number of aryl methyl sites for hydroxylation is 1. The van der Waals surface area contributed by atoms with Crippen molar-refractivity contribution >= 4 is 46.7 Å². The highest BCUT2D eigenvalue weighted by Crippen LogP contribution is 2.33. The zero-order chi connectivity index (χ0) is 18.3. The molecule has 0 radical (unpaired) electrons. The molecule has 142 valence electrons. The first kappa shape index (κ1) is 19.5. The van der Waals surface area contributed by atoms with Gasteiger partial charge in [-0.3, -0.25) is 4.79 Å². The molecule has 3 aromatic rings. The van der Waals surface area contributed by atoms with E-state index < -0.39 is 5.97 Å². The number of carboxylic acids is 1. The molecule has 0 spiro atoms. The first-order chi connectivity index (χ1) is 12.5. The summed E-state index contributed by atoms with van der Waals surface area (Å²) in [6.07, 6.45) is 1.61. The number of rotatable bonds is 3. The van der Waals surface area contributed by atoms with E-state index in [-0.39, 0.29) is 18.3 Å². The van der Waals surface area contributed by atoms with Gasteiger partial charge in [-0.15, -0.1) is 12.4 Å². The van der Waals surface area contributed by atoms with Crippen LogP contribution in [0.1, 0.15) is 18.4 Å². The lowest BCUT2D eigenvalue weighted by atomic mass is 9.97. The topological polar surface area (TPSA) is 69.2 Å². The number of nitrogens with one attached hydrogen (secondary N) is 1. The standard InChI is InChI=1S/C20H20ClN3O2.ClH/c1-12-4-7-17-18(9-12)23-19(22-17)15-10-14(5-6-16(15)21)24-8-2-3-13(11-24)20(25)26;/h4-7,9-10,13H,2-3,8,11H2,1H3,(H,22,23)(H,25,26);1H. The maximum Gasteiger partial charge on any atom is 0.308 e. The Labute approximate surface area is 168 Å². The molecule has 1 atom stereocenters. The molecule has 1 aromatic heterocycles. The second kappa shape index (κ2) is 7.79. The van der Waals surface area contributed by atoms with Crippen LogP contribution >= 0.6 is 24.0 Å². The number of imidazole rings is 1. The van der Waals surface area contributed by atoms with E-state index in [0.29, 0.717) is 11.6 Å². The molecule has 5 nitrogen and oxygen atoms in total. The van der Waals surface area contributed by atoms with Crippen molar-refractivity contribution in [3.8, 4) is 11.4 Å². The van der Waals surface area contributed by atoms with Crippen LogP contribution in [0.5, 0.6) is 0 Å². The number of piperidine rings is 1. The number of hydrogen-bond acceptors (Lipinski definition) is 3. The molecule has 2 aromatic carbocycles. The number of fused-ring (bicyclic) bond motifs is 1. The van der Waals surface area contributed by atoms with Crippen molar-refractivity contribution in [1.29, 1.82) is 0 Å². The number of aliphatic carboxylic acids is 1. The number of anilines is 1. The van der Waals surface area contributed by atoms with E-state index >= 15 is 0 Å². The zero-order valence-electron chi connectivity index (χ0n) is 14.9. The van der Waals surface area contributed by atoms with Crippen LogP contribution in [0.4, 0.5) is 5.69 Å². The minimum atomic E-state index is -0.725. The normalized spacial score (nSPS) is 17.0. The van der Waals surface area contributed by atoms with E-state index in [9.17, 15) is 9.90 Å². The van der Waals surface area contributed by atoms with Gasteiger partial charge in [0.1, 0.15) is 5.82 Å². The van der Waals surface area contributed by atoms with Gasteiger partial charge < -0.3 is 15.0 Å². The van der Waals surface area contributed by atoms with Crippen molar-refractivity contribution in [3.05, 3.63) is 47.0 Å². The summed E-state index contributed by atoms with van der Waals surface area (Å²) in [6.45, 7) is 3.41.